The van der Waals surface area contributed by atoms with Crippen molar-refractivity contribution in [3.63, 3.8) is 0 Å². The second-order valence-corrected chi connectivity index (χ2v) is 5.80. The lowest BCUT2D eigenvalue weighted by Crippen LogP contribution is -2.45. The van der Waals surface area contributed by atoms with Gasteiger partial charge in [0.25, 0.3) is 0 Å². The number of rotatable bonds is 5. The van der Waals surface area contributed by atoms with Crippen molar-refractivity contribution in [1.29, 1.82) is 0 Å². The molecule has 90 valence electrons. The van der Waals surface area contributed by atoms with E-state index in [1.54, 1.807) is 0 Å². The van der Waals surface area contributed by atoms with Crippen LogP contribution in [0.1, 0.15) is 26.2 Å². The van der Waals surface area contributed by atoms with E-state index in [2.05, 4.69) is 35.0 Å². The summed E-state index contributed by atoms with van der Waals surface area (Å²) >= 11 is 3.51. The van der Waals surface area contributed by atoms with Crippen LogP contribution in [0.25, 0.3) is 0 Å². The first-order chi connectivity index (χ1) is 7.74. The second kappa shape index (κ2) is 5.48. The van der Waals surface area contributed by atoms with Gasteiger partial charge in [0, 0.05) is 5.41 Å². The van der Waals surface area contributed by atoms with E-state index in [4.69, 9.17) is 9.47 Å². The fourth-order valence-corrected chi connectivity index (χ4v) is 2.28. The zero-order valence-corrected chi connectivity index (χ0v) is 11.4. The molecule has 2 aliphatic rings. The Kier molecular flexibility index (Phi) is 4.22. The van der Waals surface area contributed by atoms with E-state index >= 15 is 0 Å². The standard InChI is InChI=1S/C13H19BrO2/c1-2-13(9-16-10-13)8-15-7-11-3-5-12(14)6-4-11/h3,5H,2,4,6-10H2,1H3. The third-order valence-corrected chi connectivity index (χ3v) is 4.11. The molecule has 1 saturated heterocycles. The predicted molar refractivity (Wildman–Crippen MR) is 68.7 cm³/mol. The lowest BCUT2D eigenvalue weighted by molar-refractivity contribution is -0.148. The van der Waals surface area contributed by atoms with Crippen molar-refractivity contribution in [2.45, 2.75) is 26.2 Å². The fraction of sp³-hybridized carbons (Fsp3) is 0.692. The van der Waals surface area contributed by atoms with E-state index in [0.29, 0.717) is 5.41 Å². The van der Waals surface area contributed by atoms with Gasteiger partial charge in [0.15, 0.2) is 0 Å². The van der Waals surface area contributed by atoms with Crippen molar-refractivity contribution >= 4 is 15.9 Å². The minimum absolute atomic E-state index is 0.311. The van der Waals surface area contributed by atoms with Crippen LogP contribution in [0.4, 0.5) is 0 Å². The summed E-state index contributed by atoms with van der Waals surface area (Å²) in [5.74, 6) is 0. The van der Waals surface area contributed by atoms with E-state index in [-0.39, 0.29) is 0 Å². The molecule has 1 heterocycles. The summed E-state index contributed by atoms with van der Waals surface area (Å²) < 4.78 is 12.4. The summed E-state index contributed by atoms with van der Waals surface area (Å²) in [7, 11) is 0. The van der Waals surface area contributed by atoms with E-state index in [1.165, 1.54) is 10.1 Å². The Morgan fingerprint density at radius 1 is 1.38 bits per heavy atom. The summed E-state index contributed by atoms with van der Waals surface area (Å²) in [5, 5.41) is 0. The summed E-state index contributed by atoms with van der Waals surface area (Å²) in [6.45, 7) is 5.57. The average molecular weight is 287 g/mol. The molecule has 0 radical (unpaired) electrons. The molecule has 0 N–H and O–H groups in total. The van der Waals surface area contributed by atoms with Crippen molar-refractivity contribution in [2.75, 3.05) is 26.4 Å². The maximum absolute atomic E-state index is 5.81. The molecule has 0 bridgehead atoms. The maximum atomic E-state index is 5.81. The molecule has 0 atom stereocenters. The van der Waals surface area contributed by atoms with Crippen molar-refractivity contribution in [3.05, 3.63) is 22.2 Å². The highest BCUT2D eigenvalue weighted by atomic mass is 79.9. The highest BCUT2D eigenvalue weighted by molar-refractivity contribution is 9.11. The molecule has 1 fully saturated rings. The largest absolute Gasteiger partial charge is 0.380 e. The number of hydrogen-bond donors (Lipinski definition) is 0. The third-order valence-electron chi connectivity index (χ3n) is 3.45. The lowest BCUT2D eigenvalue weighted by Gasteiger charge is -2.40. The summed E-state index contributed by atoms with van der Waals surface area (Å²) in [5.41, 5.74) is 1.71. The molecule has 0 saturated carbocycles. The Morgan fingerprint density at radius 3 is 2.69 bits per heavy atom. The van der Waals surface area contributed by atoms with Crippen LogP contribution in [-0.2, 0) is 9.47 Å². The molecule has 0 aromatic rings. The van der Waals surface area contributed by atoms with E-state index < -0.39 is 0 Å². The summed E-state index contributed by atoms with van der Waals surface area (Å²) in [4.78, 5) is 0. The molecule has 0 spiro atoms. The van der Waals surface area contributed by atoms with Crippen LogP contribution in [0.15, 0.2) is 22.2 Å². The molecule has 16 heavy (non-hydrogen) atoms. The Labute approximate surface area is 106 Å². The predicted octanol–water partition coefficient (Wildman–Crippen LogP) is 3.43. The minimum Gasteiger partial charge on any atom is -0.380 e. The van der Waals surface area contributed by atoms with Gasteiger partial charge in [-0.3, -0.25) is 0 Å². The van der Waals surface area contributed by atoms with Crippen molar-refractivity contribution in [2.24, 2.45) is 5.41 Å². The molecule has 1 aliphatic carbocycles. The van der Waals surface area contributed by atoms with Gasteiger partial charge in [-0.2, -0.15) is 0 Å². The van der Waals surface area contributed by atoms with Gasteiger partial charge < -0.3 is 9.47 Å². The monoisotopic (exact) mass is 286 g/mol. The zero-order valence-electron chi connectivity index (χ0n) is 9.80. The lowest BCUT2D eigenvalue weighted by atomic mass is 9.84. The average Bonchev–Trinajstić information content (AvgIpc) is 2.25. The SMILES string of the molecule is CCC1(COCC2=CC=C(Br)CC2)COC1. The van der Waals surface area contributed by atoms with Gasteiger partial charge in [-0.25, -0.2) is 0 Å². The number of allylic oxidation sites excluding steroid dienone is 3. The van der Waals surface area contributed by atoms with E-state index in [9.17, 15) is 0 Å². The first kappa shape index (κ1) is 12.3. The molecular weight excluding hydrogens is 268 g/mol. The molecule has 2 rings (SSSR count). The summed E-state index contributed by atoms with van der Waals surface area (Å²) in [6, 6.07) is 0. The molecule has 2 nitrogen and oxygen atoms in total. The van der Waals surface area contributed by atoms with Crippen molar-refractivity contribution in [1.82, 2.24) is 0 Å². The van der Waals surface area contributed by atoms with Gasteiger partial charge in [0.05, 0.1) is 26.4 Å². The van der Waals surface area contributed by atoms with Crippen LogP contribution in [0, 0.1) is 5.41 Å². The van der Waals surface area contributed by atoms with Crippen LogP contribution < -0.4 is 0 Å². The molecule has 0 unspecified atom stereocenters. The first-order valence-electron chi connectivity index (χ1n) is 5.94. The molecule has 0 aromatic carbocycles. The Hall–Kier alpha value is -0.120. The molecule has 1 aliphatic heterocycles. The van der Waals surface area contributed by atoms with Gasteiger partial charge in [-0.1, -0.05) is 35.0 Å². The van der Waals surface area contributed by atoms with Crippen LogP contribution in [0.2, 0.25) is 0 Å². The van der Waals surface area contributed by atoms with Gasteiger partial charge in [0.2, 0.25) is 0 Å². The first-order valence-corrected chi connectivity index (χ1v) is 6.73. The van der Waals surface area contributed by atoms with Crippen LogP contribution in [0.3, 0.4) is 0 Å². The maximum Gasteiger partial charge on any atom is 0.0680 e. The molecule has 0 amide bonds. The Balaban J connectivity index is 1.72. The van der Waals surface area contributed by atoms with Crippen LogP contribution >= 0.6 is 15.9 Å². The smallest absolute Gasteiger partial charge is 0.0680 e. The van der Waals surface area contributed by atoms with E-state index in [0.717, 1.165) is 45.7 Å². The normalized spacial score (nSPS) is 23.4. The summed E-state index contributed by atoms with van der Waals surface area (Å²) in [6.07, 6.45) is 7.68. The number of hydrogen-bond acceptors (Lipinski definition) is 2. The molecular formula is C13H19BrO2. The van der Waals surface area contributed by atoms with Gasteiger partial charge in [0.1, 0.15) is 0 Å². The van der Waals surface area contributed by atoms with Crippen LogP contribution in [0.5, 0.6) is 0 Å². The Bertz CT molecular complexity index is 298. The van der Waals surface area contributed by atoms with Gasteiger partial charge in [-0.15, -0.1) is 0 Å². The van der Waals surface area contributed by atoms with Crippen LogP contribution in [-0.4, -0.2) is 26.4 Å². The topological polar surface area (TPSA) is 18.5 Å². The Morgan fingerprint density at radius 2 is 2.19 bits per heavy atom. The minimum atomic E-state index is 0.311. The van der Waals surface area contributed by atoms with Crippen molar-refractivity contribution in [3.8, 4) is 0 Å². The quantitative estimate of drug-likeness (QED) is 0.771. The van der Waals surface area contributed by atoms with Gasteiger partial charge >= 0.3 is 0 Å². The highest BCUT2D eigenvalue weighted by Crippen LogP contribution is 2.31. The number of ether oxygens (including phenoxy) is 2. The second-order valence-electron chi connectivity index (χ2n) is 4.78. The van der Waals surface area contributed by atoms with Gasteiger partial charge in [-0.05, 0) is 29.3 Å². The number of halogens is 1. The molecule has 3 heteroatoms. The third kappa shape index (κ3) is 2.96. The molecule has 0 aromatic heterocycles. The fourth-order valence-electron chi connectivity index (χ4n) is 1.95. The zero-order chi connectivity index (χ0) is 11.4. The van der Waals surface area contributed by atoms with Crippen molar-refractivity contribution < 1.29 is 9.47 Å². The highest BCUT2D eigenvalue weighted by Gasteiger charge is 2.36. The van der Waals surface area contributed by atoms with E-state index in [1.807, 2.05) is 0 Å².